The zero-order valence-electron chi connectivity index (χ0n) is 15.5. The van der Waals surface area contributed by atoms with Gasteiger partial charge in [-0.25, -0.2) is 4.98 Å². The molecule has 29 heavy (non-hydrogen) atoms. The average molecular weight is 384 g/mol. The minimum absolute atomic E-state index is 0.00714. The second-order valence-electron chi connectivity index (χ2n) is 6.48. The first-order chi connectivity index (χ1) is 14.0. The number of hydrogen-bond acceptors (Lipinski definition) is 5. The normalized spacial score (nSPS) is 11.2. The molecular weight excluding hydrogens is 368 g/mol. The molecule has 0 aliphatic heterocycles. The van der Waals surface area contributed by atoms with Crippen LogP contribution in [0, 0.1) is 17.0 Å². The molecule has 142 valence electrons. The van der Waals surface area contributed by atoms with Gasteiger partial charge in [-0.1, -0.05) is 36.4 Å². The number of nitro groups is 1. The van der Waals surface area contributed by atoms with Crippen LogP contribution in [0.2, 0.25) is 0 Å². The molecule has 3 aromatic carbocycles. The Bertz CT molecular complexity index is 1310. The van der Waals surface area contributed by atoms with Crippen molar-refractivity contribution in [3.05, 3.63) is 104 Å². The third kappa shape index (κ3) is 3.53. The molecule has 0 unspecified atom stereocenters. The lowest BCUT2D eigenvalue weighted by Gasteiger charge is -2.11. The van der Waals surface area contributed by atoms with E-state index in [0.29, 0.717) is 22.3 Å². The summed E-state index contributed by atoms with van der Waals surface area (Å²) in [4.78, 5) is 28.1. The number of aromatic nitrogens is 2. The van der Waals surface area contributed by atoms with Crippen molar-refractivity contribution >= 4 is 22.8 Å². The lowest BCUT2D eigenvalue weighted by Crippen LogP contribution is -2.20. The predicted octanol–water partition coefficient (Wildman–Crippen LogP) is 4.16. The van der Waals surface area contributed by atoms with Gasteiger partial charge in [-0.3, -0.25) is 14.9 Å². The number of aryl methyl sites for hydroxylation is 1. The van der Waals surface area contributed by atoms with Gasteiger partial charge in [0, 0.05) is 17.7 Å². The van der Waals surface area contributed by atoms with Crippen molar-refractivity contribution in [2.75, 3.05) is 0 Å². The van der Waals surface area contributed by atoms with Gasteiger partial charge in [-0.15, -0.1) is 0 Å². The van der Waals surface area contributed by atoms with Crippen molar-refractivity contribution in [3.63, 3.8) is 0 Å². The number of benzene rings is 3. The Morgan fingerprint density at radius 3 is 2.41 bits per heavy atom. The van der Waals surface area contributed by atoms with E-state index in [1.807, 2.05) is 37.3 Å². The third-order valence-electron chi connectivity index (χ3n) is 4.57. The first kappa shape index (κ1) is 18.2. The summed E-state index contributed by atoms with van der Waals surface area (Å²) in [6.07, 6.45) is 1.49. The van der Waals surface area contributed by atoms with Crippen molar-refractivity contribution in [1.82, 2.24) is 9.66 Å². The summed E-state index contributed by atoms with van der Waals surface area (Å²) in [6, 6.07) is 20.7. The number of nitro benzene ring substituents is 1. The number of rotatable bonds is 4. The fraction of sp³-hybridized carbons (Fsp3) is 0.0455. The van der Waals surface area contributed by atoms with Gasteiger partial charge in [0.25, 0.3) is 11.2 Å². The molecular formula is C22H16N4O3. The van der Waals surface area contributed by atoms with Gasteiger partial charge in [0.1, 0.15) is 0 Å². The summed E-state index contributed by atoms with van der Waals surface area (Å²) in [7, 11) is 0. The highest BCUT2D eigenvalue weighted by Crippen LogP contribution is 2.22. The fourth-order valence-electron chi connectivity index (χ4n) is 3.04. The predicted molar refractivity (Wildman–Crippen MR) is 112 cm³/mol. The Morgan fingerprint density at radius 2 is 1.69 bits per heavy atom. The van der Waals surface area contributed by atoms with E-state index in [-0.39, 0.29) is 11.2 Å². The Balaban J connectivity index is 1.89. The van der Waals surface area contributed by atoms with E-state index < -0.39 is 4.92 Å². The smallest absolute Gasteiger partial charge is 0.267 e. The maximum atomic E-state index is 13.1. The Kier molecular flexibility index (Phi) is 4.70. The minimum atomic E-state index is -0.463. The summed E-state index contributed by atoms with van der Waals surface area (Å²) in [5.74, 6) is 0.435. The van der Waals surface area contributed by atoms with Crippen LogP contribution in [-0.2, 0) is 0 Å². The molecule has 4 rings (SSSR count). The highest BCUT2D eigenvalue weighted by atomic mass is 16.6. The molecule has 4 aromatic rings. The number of non-ortho nitro benzene ring substituents is 1. The molecule has 0 amide bonds. The first-order valence-corrected chi connectivity index (χ1v) is 8.91. The first-order valence-electron chi connectivity index (χ1n) is 8.91. The molecule has 0 radical (unpaired) electrons. The average Bonchev–Trinajstić information content (AvgIpc) is 2.74. The fourth-order valence-corrected chi connectivity index (χ4v) is 3.04. The van der Waals surface area contributed by atoms with E-state index in [0.717, 1.165) is 11.1 Å². The van der Waals surface area contributed by atoms with Crippen LogP contribution in [-0.4, -0.2) is 20.8 Å². The molecule has 1 aromatic heterocycles. The highest BCUT2D eigenvalue weighted by Gasteiger charge is 2.13. The zero-order valence-corrected chi connectivity index (χ0v) is 15.5. The highest BCUT2D eigenvalue weighted by molar-refractivity contribution is 5.82. The van der Waals surface area contributed by atoms with E-state index >= 15 is 0 Å². The monoisotopic (exact) mass is 384 g/mol. The lowest BCUT2D eigenvalue weighted by molar-refractivity contribution is -0.384. The van der Waals surface area contributed by atoms with Gasteiger partial charge in [-0.2, -0.15) is 9.78 Å². The van der Waals surface area contributed by atoms with Crippen molar-refractivity contribution in [2.24, 2.45) is 5.10 Å². The Morgan fingerprint density at radius 1 is 1.00 bits per heavy atom. The molecule has 0 N–H and O–H groups in total. The molecule has 0 atom stereocenters. The van der Waals surface area contributed by atoms with Gasteiger partial charge in [0.15, 0.2) is 5.82 Å². The summed E-state index contributed by atoms with van der Waals surface area (Å²) >= 11 is 0. The molecule has 0 fully saturated rings. The van der Waals surface area contributed by atoms with Gasteiger partial charge in [0.2, 0.25) is 0 Å². The van der Waals surface area contributed by atoms with E-state index in [4.69, 9.17) is 0 Å². The van der Waals surface area contributed by atoms with Crippen LogP contribution in [0.5, 0.6) is 0 Å². The van der Waals surface area contributed by atoms with Crippen molar-refractivity contribution in [1.29, 1.82) is 0 Å². The van der Waals surface area contributed by atoms with E-state index in [9.17, 15) is 14.9 Å². The third-order valence-corrected chi connectivity index (χ3v) is 4.57. The zero-order chi connectivity index (χ0) is 20.4. The summed E-state index contributed by atoms with van der Waals surface area (Å²) < 4.78 is 1.27. The number of hydrogen-bond donors (Lipinski definition) is 0. The van der Waals surface area contributed by atoms with E-state index in [2.05, 4.69) is 10.1 Å². The topological polar surface area (TPSA) is 90.4 Å². The Hall–Kier alpha value is -4.13. The van der Waals surface area contributed by atoms with Crippen LogP contribution in [0.3, 0.4) is 0 Å². The van der Waals surface area contributed by atoms with Crippen LogP contribution >= 0.6 is 0 Å². The summed E-state index contributed by atoms with van der Waals surface area (Å²) in [5, 5.41) is 15.6. The molecule has 0 saturated carbocycles. The standard InChI is InChI=1S/C22H16N4O3/c1-15-6-2-3-7-18(15)21-24-20-9-5-4-8-19(20)22(27)25(21)23-14-16-10-12-17(13-11-16)26(28)29/h2-14H,1H3. The lowest BCUT2D eigenvalue weighted by atomic mass is 10.1. The van der Waals surface area contributed by atoms with E-state index in [1.165, 1.54) is 23.0 Å². The van der Waals surface area contributed by atoms with Crippen LogP contribution < -0.4 is 5.56 Å². The SMILES string of the molecule is Cc1ccccc1-c1nc2ccccc2c(=O)n1N=Cc1ccc([N+](=O)[O-])cc1. The number of para-hydroxylation sites is 1. The summed E-state index contributed by atoms with van der Waals surface area (Å²) in [6.45, 7) is 1.95. The van der Waals surface area contributed by atoms with Gasteiger partial charge >= 0.3 is 0 Å². The van der Waals surface area contributed by atoms with Crippen molar-refractivity contribution in [3.8, 4) is 11.4 Å². The number of fused-ring (bicyclic) bond motifs is 1. The maximum Gasteiger partial charge on any atom is 0.282 e. The molecule has 0 aliphatic carbocycles. The summed E-state index contributed by atoms with van der Waals surface area (Å²) in [5.41, 5.74) is 2.70. The van der Waals surface area contributed by atoms with Crippen LogP contribution in [0.4, 0.5) is 5.69 Å². The Labute approximate surface area is 165 Å². The molecule has 7 heteroatoms. The van der Waals surface area contributed by atoms with Crippen LogP contribution in [0.1, 0.15) is 11.1 Å². The van der Waals surface area contributed by atoms with E-state index in [1.54, 1.807) is 30.3 Å². The van der Waals surface area contributed by atoms with Crippen LogP contribution in [0.25, 0.3) is 22.3 Å². The van der Waals surface area contributed by atoms with Crippen molar-refractivity contribution < 1.29 is 4.92 Å². The van der Waals surface area contributed by atoms with Crippen LogP contribution in [0.15, 0.2) is 82.7 Å². The quantitative estimate of drug-likeness (QED) is 0.300. The second kappa shape index (κ2) is 7.47. The second-order valence-corrected chi connectivity index (χ2v) is 6.48. The maximum absolute atomic E-state index is 13.1. The molecule has 7 nitrogen and oxygen atoms in total. The number of nitrogens with zero attached hydrogens (tertiary/aromatic N) is 4. The van der Waals surface area contributed by atoms with Gasteiger partial charge in [-0.05, 0) is 42.3 Å². The molecule has 0 bridgehead atoms. The van der Waals surface area contributed by atoms with Gasteiger partial charge < -0.3 is 0 Å². The molecule has 1 heterocycles. The molecule has 0 spiro atoms. The largest absolute Gasteiger partial charge is 0.282 e. The molecule has 0 aliphatic rings. The van der Waals surface area contributed by atoms with Gasteiger partial charge in [0.05, 0.1) is 22.0 Å². The molecule has 0 saturated heterocycles. The minimum Gasteiger partial charge on any atom is -0.267 e. The van der Waals surface area contributed by atoms with Crippen molar-refractivity contribution in [2.45, 2.75) is 6.92 Å².